The van der Waals surface area contributed by atoms with E-state index in [-0.39, 0.29) is 23.0 Å². The van der Waals surface area contributed by atoms with Crippen LogP contribution in [0, 0.1) is 0 Å². The van der Waals surface area contributed by atoms with E-state index < -0.39 is 18.3 Å². The molecule has 0 aliphatic carbocycles. The first-order chi connectivity index (χ1) is 10.1. The lowest BCUT2D eigenvalue weighted by molar-refractivity contribution is 0.114. The van der Waals surface area contributed by atoms with Gasteiger partial charge in [0, 0.05) is 0 Å². The van der Waals surface area contributed by atoms with Crippen LogP contribution in [0.5, 0.6) is 0 Å². The van der Waals surface area contributed by atoms with Crippen molar-refractivity contribution in [3.8, 4) is 0 Å². The van der Waals surface area contributed by atoms with Gasteiger partial charge in [0.25, 0.3) is 5.56 Å². The number of imidazole rings is 1. The minimum atomic E-state index is -0.912. The van der Waals surface area contributed by atoms with E-state index >= 15 is 0 Å². The van der Waals surface area contributed by atoms with Crippen LogP contribution in [0.4, 0.5) is 5.95 Å². The van der Waals surface area contributed by atoms with Crippen molar-refractivity contribution < 1.29 is 20.1 Å². The third-order valence-corrected chi connectivity index (χ3v) is 2.53. The first kappa shape index (κ1) is 14.4. The SMILES string of the molecule is Nc1nc2c(ncn2/C(=C\O)OC(/C=C/O)CO)c(=O)[nH]1. The number of rotatable bonds is 5. The van der Waals surface area contributed by atoms with Crippen molar-refractivity contribution in [2.45, 2.75) is 6.10 Å². The third kappa shape index (κ3) is 2.79. The van der Waals surface area contributed by atoms with Gasteiger partial charge in [0.1, 0.15) is 18.7 Å². The van der Waals surface area contributed by atoms with Gasteiger partial charge in [0.05, 0.1) is 12.9 Å². The predicted molar refractivity (Wildman–Crippen MR) is 73.2 cm³/mol. The fraction of sp³-hybridized carbons (Fsp3) is 0.182. The average Bonchev–Trinajstić information content (AvgIpc) is 2.87. The number of hydrogen-bond acceptors (Lipinski definition) is 8. The molecule has 10 nitrogen and oxygen atoms in total. The molecule has 2 aromatic rings. The molecule has 1 unspecified atom stereocenters. The van der Waals surface area contributed by atoms with Gasteiger partial charge in [0.2, 0.25) is 11.8 Å². The number of anilines is 1. The van der Waals surface area contributed by atoms with E-state index in [0.717, 1.165) is 6.08 Å². The summed E-state index contributed by atoms with van der Waals surface area (Å²) in [4.78, 5) is 21.7. The normalized spacial score (nSPS) is 13.9. The van der Waals surface area contributed by atoms with Crippen LogP contribution in [0.15, 0.2) is 29.7 Å². The van der Waals surface area contributed by atoms with E-state index in [9.17, 15) is 9.90 Å². The minimum absolute atomic E-state index is 0.00500. The fourth-order valence-corrected chi connectivity index (χ4v) is 1.63. The number of aliphatic hydroxyl groups excluding tert-OH is 3. The summed E-state index contributed by atoms with van der Waals surface area (Å²) in [6.45, 7) is -0.447. The lowest BCUT2D eigenvalue weighted by Crippen LogP contribution is -2.17. The van der Waals surface area contributed by atoms with Crippen molar-refractivity contribution in [1.29, 1.82) is 0 Å². The van der Waals surface area contributed by atoms with E-state index in [4.69, 9.17) is 20.7 Å². The highest BCUT2D eigenvalue weighted by Crippen LogP contribution is 2.16. The number of fused-ring (bicyclic) bond motifs is 1. The molecule has 0 bridgehead atoms. The molecule has 6 N–H and O–H groups in total. The fourth-order valence-electron chi connectivity index (χ4n) is 1.63. The molecular formula is C11H13N5O5. The van der Waals surface area contributed by atoms with Crippen LogP contribution in [0.2, 0.25) is 0 Å². The smallest absolute Gasteiger partial charge is 0.280 e. The van der Waals surface area contributed by atoms with Gasteiger partial charge in [0.15, 0.2) is 11.2 Å². The summed E-state index contributed by atoms with van der Waals surface area (Å²) in [5.74, 6) is -0.285. The molecular weight excluding hydrogens is 282 g/mol. The van der Waals surface area contributed by atoms with Crippen molar-refractivity contribution in [3.63, 3.8) is 0 Å². The Morgan fingerprint density at radius 3 is 2.95 bits per heavy atom. The third-order valence-electron chi connectivity index (χ3n) is 2.53. The van der Waals surface area contributed by atoms with Crippen molar-refractivity contribution >= 4 is 23.0 Å². The van der Waals surface area contributed by atoms with Gasteiger partial charge in [-0.1, -0.05) is 0 Å². The first-order valence-electron chi connectivity index (χ1n) is 5.76. The summed E-state index contributed by atoms with van der Waals surface area (Å²) in [6, 6.07) is 0. The number of hydrogen-bond donors (Lipinski definition) is 5. The summed E-state index contributed by atoms with van der Waals surface area (Å²) in [6.07, 6.45) is 2.75. The standard InChI is InChI=1S/C11H13N5O5/c12-11-14-9-8(10(20)15-11)13-5-16(9)7(4-19)21-6(3-18)1-2-17/h1-2,4-6,17-19H,3H2,(H3,12,14,15,20)/b2-1+,7-4+. The number of ether oxygens (including phenoxy) is 1. The van der Waals surface area contributed by atoms with E-state index in [1.54, 1.807) is 0 Å². The highest BCUT2D eigenvalue weighted by Gasteiger charge is 2.16. The molecule has 0 amide bonds. The van der Waals surface area contributed by atoms with E-state index in [1.807, 2.05) is 0 Å². The van der Waals surface area contributed by atoms with E-state index in [0.29, 0.717) is 12.5 Å². The molecule has 2 rings (SSSR count). The monoisotopic (exact) mass is 295 g/mol. The van der Waals surface area contributed by atoms with Crippen molar-refractivity contribution in [2.24, 2.45) is 0 Å². The summed E-state index contributed by atoms with van der Waals surface area (Å²) in [7, 11) is 0. The molecule has 1 atom stereocenters. The lowest BCUT2D eigenvalue weighted by Gasteiger charge is -2.15. The number of nitrogens with zero attached hydrogens (tertiary/aromatic N) is 3. The predicted octanol–water partition coefficient (Wildman–Crippen LogP) is -0.535. The summed E-state index contributed by atoms with van der Waals surface area (Å²) in [5.41, 5.74) is 4.99. The van der Waals surface area contributed by atoms with Crippen LogP contribution in [-0.4, -0.2) is 47.5 Å². The van der Waals surface area contributed by atoms with Gasteiger partial charge in [-0.3, -0.25) is 14.3 Å². The van der Waals surface area contributed by atoms with Gasteiger partial charge in [-0.25, -0.2) is 4.98 Å². The zero-order valence-electron chi connectivity index (χ0n) is 10.7. The van der Waals surface area contributed by atoms with Crippen molar-refractivity contribution in [1.82, 2.24) is 19.5 Å². The summed E-state index contributed by atoms with van der Waals surface area (Å²) >= 11 is 0. The largest absolute Gasteiger partial charge is 0.516 e. The molecule has 0 aliphatic heterocycles. The molecule has 21 heavy (non-hydrogen) atoms. The topological polar surface area (TPSA) is 160 Å². The first-order valence-corrected chi connectivity index (χ1v) is 5.76. The number of nitrogens with two attached hydrogens (primary N) is 1. The van der Waals surface area contributed by atoms with Crippen LogP contribution < -0.4 is 11.3 Å². The Morgan fingerprint density at radius 2 is 2.33 bits per heavy atom. The number of nitrogen functional groups attached to an aromatic ring is 1. The Labute approximate surface area is 117 Å². The van der Waals surface area contributed by atoms with Gasteiger partial charge < -0.3 is 25.8 Å². The Hall–Kier alpha value is -3.01. The molecule has 0 saturated heterocycles. The number of nitrogens with one attached hydrogen (secondary N) is 1. The Kier molecular flexibility index (Phi) is 4.09. The Balaban J connectivity index is 2.46. The summed E-state index contributed by atoms with van der Waals surface area (Å²) < 4.78 is 6.44. The van der Waals surface area contributed by atoms with Crippen LogP contribution in [0.25, 0.3) is 17.0 Å². The number of aromatic amines is 1. The second-order valence-corrected chi connectivity index (χ2v) is 3.89. The number of aromatic nitrogens is 4. The average molecular weight is 295 g/mol. The zero-order chi connectivity index (χ0) is 15.4. The molecule has 0 saturated carbocycles. The number of H-pyrrole nitrogens is 1. The van der Waals surface area contributed by atoms with Crippen LogP contribution in [0.1, 0.15) is 0 Å². The highest BCUT2D eigenvalue weighted by atomic mass is 16.5. The molecule has 0 radical (unpaired) electrons. The van der Waals surface area contributed by atoms with Crippen molar-refractivity contribution in [3.05, 3.63) is 35.3 Å². The molecule has 0 fully saturated rings. The van der Waals surface area contributed by atoms with Crippen molar-refractivity contribution in [2.75, 3.05) is 12.3 Å². The second-order valence-electron chi connectivity index (χ2n) is 3.89. The summed E-state index contributed by atoms with van der Waals surface area (Å²) in [5, 5.41) is 27.0. The van der Waals surface area contributed by atoms with Gasteiger partial charge >= 0.3 is 0 Å². The zero-order valence-corrected chi connectivity index (χ0v) is 10.7. The Bertz CT molecular complexity index is 747. The van der Waals surface area contributed by atoms with Gasteiger partial charge in [-0.2, -0.15) is 4.98 Å². The molecule has 2 heterocycles. The van der Waals surface area contributed by atoms with Gasteiger partial charge in [-0.15, -0.1) is 0 Å². The molecule has 0 aliphatic rings. The van der Waals surface area contributed by atoms with Crippen LogP contribution in [-0.2, 0) is 4.74 Å². The lowest BCUT2D eigenvalue weighted by atomic mass is 10.4. The molecule has 0 spiro atoms. The molecule has 2 aromatic heterocycles. The molecule has 112 valence electrons. The number of aliphatic hydroxyl groups is 3. The molecule has 0 aromatic carbocycles. The Morgan fingerprint density at radius 1 is 1.57 bits per heavy atom. The van der Waals surface area contributed by atoms with E-state index in [2.05, 4.69) is 15.0 Å². The molecule has 10 heteroatoms. The highest BCUT2D eigenvalue weighted by molar-refractivity contribution is 5.74. The van der Waals surface area contributed by atoms with Crippen LogP contribution in [0.3, 0.4) is 0 Å². The quantitative estimate of drug-likeness (QED) is 0.460. The minimum Gasteiger partial charge on any atom is -0.516 e. The maximum atomic E-state index is 11.6. The van der Waals surface area contributed by atoms with Crippen LogP contribution >= 0.6 is 0 Å². The van der Waals surface area contributed by atoms with Gasteiger partial charge in [-0.05, 0) is 6.08 Å². The maximum Gasteiger partial charge on any atom is 0.280 e. The maximum absolute atomic E-state index is 11.6. The second kappa shape index (κ2) is 5.96. The van der Waals surface area contributed by atoms with E-state index in [1.165, 1.54) is 10.9 Å².